The van der Waals surface area contributed by atoms with Gasteiger partial charge >= 0.3 is 0 Å². The number of aromatic nitrogens is 2. The average Bonchev–Trinajstić information content (AvgIpc) is 2.75. The summed E-state index contributed by atoms with van der Waals surface area (Å²) in [7, 11) is 1.75. The summed E-state index contributed by atoms with van der Waals surface area (Å²) < 4.78 is 3.01. The molecule has 0 unspecified atom stereocenters. The van der Waals surface area contributed by atoms with Gasteiger partial charge in [-0.2, -0.15) is 5.10 Å². The summed E-state index contributed by atoms with van der Waals surface area (Å²) in [5.74, 6) is -0.217. The maximum Gasteiger partial charge on any atom is 0.273 e. The highest BCUT2D eigenvalue weighted by Gasteiger charge is 2.16. The van der Waals surface area contributed by atoms with Gasteiger partial charge < -0.3 is 11.1 Å². The van der Waals surface area contributed by atoms with Crippen LogP contribution in [0.15, 0.2) is 27.1 Å². The summed E-state index contributed by atoms with van der Waals surface area (Å²) >= 11 is 6.78. The lowest BCUT2D eigenvalue weighted by atomic mass is 10.2. The third kappa shape index (κ3) is 3.04. The first-order chi connectivity index (χ1) is 9.42. The zero-order valence-corrected chi connectivity index (χ0v) is 14.2. The summed E-state index contributed by atoms with van der Waals surface area (Å²) in [6, 6.07) is 5.26. The van der Waals surface area contributed by atoms with Gasteiger partial charge in [0, 0.05) is 21.7 Å². The number of benzene rings is 1. The molecule has 0 bridgehead atoms. The Morgan fingerprint density at radius 1 is 1.35 bits per heavy atom. The molecule has 0 aliphatic heterocycles. The predicted molar refractivity (Wildman–Crippen MR) is 86.8 cm³/mol. The number of nitrogens with zero attached hydrogens (tertiary/aromatic N) is 2. The Bertz CT molecular complexity index is 643. The Balaban J connectivity index is 2.30. The quantitative estimate of drug-likeness (QED) is 0.774. The molecule has 2 aromatic rings. The third-order valence-electron chi connectivity index (χ3n) is 2.83. The number of aryl methyl sites for hydroxylation is 2. The van der Waals surface area contributed by atoms with E-state index in [2.05, 4.69) is 42.3 Å². The molecule has 0 aliphatic rings. The highest BCUT2D eigenvalue weighted by Crippen LogP contribution is 2.33. The first-order valence-corrected chi connectivity index (χ1v) is 7.59. The fourth-order valence-electron chi connectivity index (χ4n) is 1.80. The van der Waals surface area contributed by atoms with E-state index in [1.54, 1.807) is 29.9 Å². The van der Waals surface area contributed by atoms with Crippen molar-refractivity contribution in [3.63, 3.8) is 0 Å². The van der Waals surface area contributed by atoms with Crippen molar-refractivity contribution in [2.75, 3.05) is 11.1 Å². The van der Waals surface area contributed by atoms with E-state index in [4.69, 9.17) is 5.73 Å². The van der Waals surface area contributed by atoms with E-state index in [1.807, 2.05) is 6.92 Å². The van der Waals surface area contributed by atoms with Crippen LogP contribution in [0.3, 0.4) is 0 Å². The summed E-state index contributed by atoms with van der Waals surface area (Å²) in [6.07, 6.45) is 0.788. The van der Waals surface area contributed by atoms with Crippen molar-refractivity contribution >= 4 is 49.1 Å². The second-order valence-corrected chi connectivity index (χ2v) is 6.02. The number of amides is 1. The molecule has 2 rings (SSSR count). The van der Waals surface area contributed by atoms with Gasteiger partial charge in [-0.3, -0.25) is 9.48 Å². The number of nitrogens with two attached hydrogens (primary N) is 1. The summed E-state index contributed by atoms with van der Waals surface area (Å²) in [5, 5.41) is 7.11. The standard InChI is InChI=1S/C13H14Br2N4O/c1-3-8-6-11(19(2)18-8)13(20)17-12-9(14)4-7(16)5-10(12)15/h4-6H,3,16H2,1-2H3,(H,17,20). The van der Waals surface area contributed by atoms with Crippen molar-refractivity contribution in [2.45, 2.75) is 13.3 Å². The molecular formula is C13H14Br2N4O. The van der Waals surface area contributed by atoms with Gasteiger partial charge in [0.2, 0.25) is 0 Å². The highest BCUT2D eigenvalue weighted by molar-refractivity contribution is 9.11. The summed E-state index contributed by atoms with van der Waals surface area (Å²) in [4.78, 5) is 12.3. The van der Waals surface area contributed by atoms with Gasteiger partial charge in [0.15, 0.2) is 0 Å². The molecule has 20 heavy (non-hydrogen) atoms. The molecule has 3 N–H and O–H groups in total. The average molecular weight is 402 g/mol. The molecule has 0 saturated carbocycles. The van der Waals surface area contributed by atoms with Crippen molar-refractivity contribution < 1.29 is 4.79 Å². The lowest BCUT2D eigenvalue weighted by molar-refractivity contribution is 0.101. The molecule has 0 fully saturated rings. The molecule has 0 saturated heterocycles. The second-order valence-electron chi connectivity index (χ2n) is 4.31. The Morgan fingerprint density at radius 2 is 1.95 bits per heavy atom. The van der Waals surface area contributed by atoms with Crippen molar-refractivity contribution in [1.82, 2.24) is 9.78 Å². The van der Waals surface area contributed by atoms with E-state index in [0.29, 0.717) is 17.1 Å². The minimum atomic E-state index is -0.217. The Hall–Kier alpha value is -1.34. The minimum Gasteiger partial charge on any atom is -0.399 e. The van der Waals surface area contributed by atoms with Gasteiger partial charge in [0.05, 0.1) is 11.4 Å². The van der Waals surface area contributed by atoms with Crippen LogP contribution in [0.25, 0.3) is 0 Å². The number of nitrogen functional groups attached to an aromatic ring is 1. The molecule has 1 aromatic carbocycles. The van der Waals surface area contributed by atoms with E-state index in [1.165, 1.54) is 0 Å². The molecule has 0 spiro atoms. The Kier molecular flexibility index (Phi) is 4.49. The van der Waals surface area contributed by atoms with Crippen LogP contribution in [0.4, 0.5) is 11.4 Å². The molecule has 5 nitrogen and oxygen atoms in total. The van der Waals surface area contributed by atoms with Crippen molar-refractivity contribution in [1.29, 1.82) is 0 Å². The first-order valence-electron chi connectivity index (χ1n) is 6.01. The fraction of sp³-hybridized carbons (Fsp3) is 0.231. The van der Waals surface area contributed by atoms with Gasteiger partial charge in [-0.25, -0.2) is 0 Å². The number of halogens is 2. The Labute approximate surface area is 133 Å². The zero-order chi connectivity index (χ0) is 14.9. The number of hydrogen-bond acceptors (Lipinski definition) is 3. The molecule has 106 valence electrons. The van der Waals surface area contributed by atoms with Gasteiger partial charge in [0.25, 0.3) is 5.91 Å². The normalized spacial score (nSPS) is 10.6. The summed E-state index contributed by atoms with van der Waals surface area (Å²) in [6.45, 7) is 2.00. The van der Waals surface area contributed by atoms with E-state index in [0.717, 1.165) is 21.1 Å². The van der Waals surface area contributed by atoms with Crippen molar-refractivity contribution in [3.05, 3.63) is 38.5 Å². The van der Waals surface area contributed by atoms with Crippen molar-refractivity contribution in [3.8, 4) is 0 Å². The van der Waals surface area contributed by atoms with Crippen LogP contribution >= 0.6 is 31.9 Å². The number of rotatable bonds is 3. The fourth-order valence-corrected chi connectivity index (χ4v) is 3.22. The van der Waals surface area contributed by atoms with Crippen LogP contribution in [-0.4, -0.2) is 15.7 Å². The van der Waals surface area contributed by atoms with Gasteiger partial charge in [-0.05, 0) is 56.5 Å². The van der Waals surface area contributed by atoms with E-state index >= 15 is 0 Å². The van der Waals surface area contributed by atoms with Crippen LogP contribution in [0, 0.1) is 0 Å². The highest BCUT2D eigenvalue weighted by atomic mass is 79.9. The van der Waals surface area contributed by atoms with Crippen LogP contribution in [0.1, 0.15) is 23.1 Å². The van der Waals surface area contributed by atoms with Crippen molar-refractivity contribution in [2.24, 2.45) is 7.05 Å². The predicted octanol–water partition coefficient (Wildman–Crippen LogP) is 3.34. The van der Waals surface area contributed by atoms with E-state index in [-0.39, 0.29) is 5.91 Å². The zero-order valence-electron chi connectivity index (χ0n) is 11.1. The maximum absolute atomic E-state index is 12.3. The Morgan fingerprint density at radius 3 is 2.45 bits per heavy atom. The number of nitrogens with one attached hydrogen (secondary N) is 1. The number of carbonyl (C=O) groups excluding carboxylic acids is 1. The first kappa shape index (κ1) is 15.1. The molecule has 7 heteroatoms. The monoisotopic (exact) mass is 400 g/mol. The SMILES string of the molecule is CCc1cc(C(=O)Nc2c(Br)cc(N)cc2Br)n(C)n1. The van der Waals surface area contributed by atoms with Gasteiger partial charge in [-0.15, -0.1) is 0 Å². The molecule has 0 aliphatic carbocycles. The van der Waals surface area contributed by atoms with Crippen LogP contribution < -0.4 is 11.1 Å². The smallest absolute Gasteiger partial charge is 0.273 e. The molecule has 1 aromatic heterocycles. The van der Waals surface area contributed by atoms with Crippen LogP contribution in [-0.2, 0) is 13.5 Å². The molecule has 0 atom stereocenters. The minimum absolute atomic E-state index is 0.217. The van der Waals surface area contributed by atoms with E-state index < -0.39 is 0 Å². The lowest BCUT2D eigenvalue weighted by Crippen LogP contribution is -2.16. The van der Waals surface area contributed by atoms with Gasteiger partial charge in [-0.1, -0.05) is 6.92 Å². The number of carbonyl (C=O) groups is 1. The van der Waals surface area contributed by atoms with E-state index in [9.17, 15) is 4.79 Å². The number of hydrogen-bond donors (Lipinski definition) is 2. The van der Waals surface area contributed by atoms with Gasteiger partial charge in [0.1, 0.15) is 5.69 Å². The largest absolute Gasteiger partial charge is 0.399 e. The molecule has 0 radical (unpaired) electrons. The summed E-state index contributed by atoms with van der Waals surface area (Å²) in [5.41, 5.74) is 8.37. The lowest BCUT2D eigenvalue weighted by Gasteiger charge is -2.10. The third-order valence-corrected chi connectivity index (χ3v) is 4.08. The number of anilines is 2. The van der Waals surface area contributed by atoms with Crippen LogP contribution in [0.5, 0.6) is 0 Å². The maximum atomic E-state index is 12.3. The molecule has 1 amide bonds. The molecule has 1 heterocycles. The van der Waals surface area contributed by atoms with Crippen LogP contribution in [0.2, 0.25) is 0 Å². The molecular weight excluding hydrogens is 388 g/mol. The second kappa shape index (κ2) is 5.97. The topological polar surface area (TPSA) is 72.9 Å².